The van der Waals surface area contributed by atoms with Crippen LogP contribution in [-0.2, 0) is 24.3 Å². The second kappa shape index (κ2) is 10.4. The number of halogens is 1. The van der Waals surface area contributed by atoms with Gasteiger partial charge in [0.05, 0.1) is 11.3 Å². The lowest BCUT2D eigenvalue weighted by Crippen LogP contribution is -2.28. The van der Waals surface area contributed by atoms with Crippen molar-refractivity contribution in [2.75, 3.05) is 18.5 Å². The van der Waals surface area contributed by atoms with E-state index in [2.05, 4.69) is 10.0 Å². The first kappa shape index (κ1) is 22.9. The highest BCUT2D eigenvalue weighted by atomic mass is 35.5. The quantitative estimate of drug-likeness (QED) is 0.585. The van der Waals surface area contributed by atoms with Crippen LogP contribution in [0.4, 0.5) is 5.69 Å². The Morgan fingerprint density at radius 2 is 1.72 bits per heavy atom. The zero-order valence-electron chi connectivity index (χ0n) is 16.1. The smallest absolute Gasteiger partial charge is 0.307 e. The van der Waals surface area contributed by atoms with E-state index in [-0.39, 0.29) is 23.8 Å². The highest BCUT2D eigenvalue weighted by Crippen LogP contribution is 2.23. The summed E-state index contributed by atoms with van der Waals surface area (Å²) >= 11 is 5.73. The summed E-state index contributed by atoms with van der Waals surface area (Å²) in [5.74, 6) is -0.924. The Kier molecular flexibility index (Phi) is 8.19. The van der Waals surface area contributed by atoms with E-state index < -0.39 is 28.5 Å². The number of carbonyl (C=O) groups excluding carboxylic acids is 2. The Morgan fingerprint density at radius 1 is 1.07 bits per heavy atom. The van der Waals surface area contributed by atoms with Gasteiger partial charge >= 0.3 is 5.97 Å². The van der Waals surface area contributed by atoms with Gasteiger partial charge in [-0.3, -0.25) is 9.59 Å². The summed E-state index contributed by atoms with van der Waals surface area (Å²) in [6.07, 6.45) is -0.206. The van der Waals surface area contributed by atoms with Crippen LogP contribution in [0, 0.1) is 0 Å². The first-order chi connectivity index (χ1) is 13.7. The van der Waals surface area contributed by atoms with Gasteiger partial charge in [-0.1, -0.05) is 43.6 Å². The molecule has 0 aromatic heterocycles. The van der Waals surface area contributed by atoms with Crippen LogP contribution in [0.1, 0.15) is 31.7 Å². The van der Waals surface area contributed by atoms with Gasteiger partial charge in [-0.15, -0.1) is 0 Å². The fourth-order valence-electron chi connectivity index (χ4n) is 2.50. The number of nitrogens with one attached hydrogen (secondary N) is 2. The van der Waals surface area contributed by atoms with Crippen molar-refractivity contribution >= 4 is 39.2 Å². The van der Waals surface area contributed by atoms with Gasteiger partial charge in [0, 0.05) is 17.3 Å². The van der Waals surface area contributed by atoms with E-state index >= 15 is 0 Å². The van der Waals surface area contributed by atoms with Crippen molar-refractivity contribution in [3.8, 4) is 0 Å². The number of rotatable bonds is 9. The summed E-state index contributed by atoms with van der Waals surface area (Å²) in [7, 11) is -3.75. The number of sulfonamides is 1. The lowest BCUT2D eigenvalue weighted by molar-refractivity contribution is -0.147. The molecule has 0 bridgehead atoms. The number of esters is 1. The van der Waals surface area contributed by atoms with Crippen LogP contribution in [0.15, 0.2) is 53.4 Å². The minimum Gasteiger partial charge on any atom is -0.456 e. The largest absolute Gasteiger partial charge is 0.456 e. The average molecular weight is 439 g/mol. The second-order valence-electron chi connectivity index (χ2n) is 6.55. The molecule has 0 fully saturated rings. The van der Waals surface area contributed by atoms with E-state index in [1.807, 2.05) is 26.0 Å². The number of hydrogen-bond donors (Lipinski definition) is 2. The van der Waals surface area contributed by atoms with Crippen molar-refractivity contribution in [1.29, 1.82) is 0 Å². The Hall–Kier alpha value is -2.42. The van der Waals surface area contributed by atoms with Crippen LogP contribution >= 0.6 is 11.6 Å². The third-order valence-electron chi connectivity index (χ3n) is 3.97. The second-order valence-corrected chi connectivity index (χ2v) is 8.76. The van der Waals surface area contributed by atoms with E-state index in [1.54, 1.807) is 12.1 Å². The van der Waals surface area contributed by atoms with Crippen molar-refractivity contribution in [2.45, 2.75) is 31.1 Å². The average Bonchev–Trinajstić information content (AvgIpc) is 2.67. The number of carbonyl (C=O) groups is 2. The normalized spacial score (nSPS) is 11.3. The minimum absolute atomic E-state index is 0.0402. The maximum atomic E-state index is 12.1. The molecule has 156 valence electrons. The molecule has 2 aromatic rings. The van der Waals surface area contributed by atoms with Gasteiger partial charge in [-0.05, 0) is 41.8 Å². The van der Waals surface area contributed by atoms with E-state index in [9.17, 15) is 18.0 Å². The molecule has 7 nitrogen and oxygen atoms in total. The minimum atomic E-state index is -3.75. The first-order valence-electron chi connectivity index (χ1n) is 8.98. The summed E-state index contributed by atoms with van der Waals surface area (Å²) in [5.41, 5.74) is 1.64. The highest BCUT2D eigenvalue weighted by Gasteiger charge is 2.15. The summed E-state index contributed by atoms with van der Waals surface area (Å²) in [6, 6.07) is 13.0. The monoisotopic (exact) mass is 438 g/mol. The van der Waals surface area contributed by atoms with Crippen molar-refractivity contribution in [1.82, 2.24) is 4.72 Å². The lowest BCUT2D eigenvalue weighted by atomic mass is 10.0. The summed E-state index contributed by atoms with van der Waals surface area (Å²) < 4.78 is 31.4. The van der Waals surface area contributed by atoms with E-state index in [4.69, 9.17) is 16.3 Å². The summed E-state index contributed by atoms with van der Waals surface area (Å²) in [6.45, 7) is 3.42. The van der Waals surface area contributed by atoms with Gasteiger partial charge in [0.2, 0.25) is 10.0 Å². The number of benzene rings is 2. The topological polar surface area (TPSA) is 102 Å². The molecule has 0 unspecified atom stereocenters. The third kappa shape index (κ3) is 7.16. The Labute approximate surface area is 175 Å². The molecule has 0 saturated heterocycles. The molecule has 2 N–H and O–H groups in total. The molecule has 9 heteroatoms. The summed E-state index contributed by atoms with van der Waals surface area (Å²) in [4.78, 5) is 23.9. The van der Waals surface area contributed by atoms with Crippen LogP contribution in [0.2, 0.25) is 5.02 Å². The zero-order valence-corrected chi connectivity index (χ0v) is 17.7. The Bertz CT molecular complexity index is 959. The van der Waals surface area contributed by atoms with Crippen molar-refractivity contribution in [3.63, 3.8) is 0 Å². The van der Waals surface area contributed by atoms with Crippen molar-refractivity contribution in [3.05, 3.63) is 59.1 Å². The lowest BCUT2D eigenvalue weighted by Gasteiger charge is -2.13. The SMILES string of the molecule is CC(C)c1ccccc1NC(=O)COC(=O)CCNS(=O)(=O)c1ccc(Cl)cc1. The fraction of sp³-hybridized carbons (Fsp3) is 0.300. The Morgan fingerprint density at radius 3 is 2.38 bits per heavy atom. The number of amides is 1. The van der Waals surface area contributed by atoms with Gasteiger partial charge in [0.25, 0.3) is 5.91 Å². The predicted octanol–water partition coefficient (Wildman–Crippen LogP) is 3.31. The maximum absolute atomic E-state index is 12.1. The van der Waals surface area contributed by atoms with Crippen LogP contribution in [-0.4, -0.2) is 33.4 Å². The molecule has 0 saturated carbocycles. The molecule has 0 atom stereocenters. The third-order valence-corrected chi connectivity index (χ3v) is 5.70. The van der Waals surface area contributed by atoms with Gasteiger partial charge in [-0.2, -0.15) is 0 Å². The molecule has 2 aromatic carbocycles. The number of hydrogen-bond acceptors (Lipinski definition) is 5. The first-order valence-corrected chi connectivity index (χ1v) is 10.8. The molecule has 0 radical (unpaired) electrons. The number of ether oxygens (including phenoxy) is 1. The molecular formula is C20H23ClN2O5S. The van der Waals surface area contributed by atoms with Crippen LogP contribution < -0.4 is 10.0 Å². The molecule has 29 heavy (non-hydrogen) atoms. The molecule has 0 aliphatic rings. The molecule has 0 spiro atoms. The van der Waals surface area contributed by atoms with Gasteiger partial charge < -0.3 is 10.1 Å². The van der Waals surface area contributed by atoms with Gasteiger partial charge in [0.15, 0.2) is 6.61 Å². The molecule has 0 aliphatic heterocycles. The van der Waals surface area contributed by atoms with Crippen LogP contribution in [0.3, 0.4) is 0 Å². The molecule has 0 aliphatic carbocycles. The highest BCUT2D eigenvalue weighted by molar-refractivity contribution is 7.89. The van der Waals surface area contributed by atoms with Crippen molar-refractivity contribution < 1.29 is 22.7 Å². The van der Waals surface area contributed by atoms with E-state index in [1.165, 1.54) is 24.3 Å². The molecule has 0 heterocycles. The molecule has 1 amide bonds. The van der Waals surface area contributed by atoms with Gasteiger partial charge in [0.1, 0.15) is 0 Å². The number of anilines is 1. The molecule has 2 rings (SSSR count). The standard InChI is InChI=1S/C20H23ClN2O5S/c1-14(2)17-5-3-4-6-18(17)23-19(24)13-28-20(25)11-12-22-29(26,27)16-9-7-15(21)8-10-16/h3-10,14,22H,11-13H2,1-2H3,(H,23,24). The zero-order chi connectivity index (χ0) is 21.4. The number of para-hydroxylation sites is 1. The molecular weight excluding hydrogens is 416 g/mol. The Balaban J connectivity index is 1.77. The van der Waals surface area contributed by atoms with Crippen molar-refractivity contribution in [2.24, 2.45) is 0 Å². The maximum Gasteiger partial charge on any atom is 0.307 e. The van der Waals surface area contributed by atoms with Crippen LogP contribution in [0.5, 0.6) is 0 Å². The van der Waals surface area contributed by atoms with Gasteiger partial charge in [-0.25, -0.2) is 13.1 Å². The fourth-order valence-corrected chi connectivity index (χ4v) is 3.66. The van der Waals surface area contributed by atoms with E-state index in [0.717, 1.165) is 5.56 Å². The summed E-state index contributed by atoms with van der Waals surface area (Å²) in [5, 5.41) is 3.13. The van der Waals surface area contributed by atoms with Crippen LogP contribution in [0.25, 0.3) is 0 Å². The van der Waals surface area contributed by atoms with E-state index in [0.29, 0.717) is 10.7 Å². The predicted molar refractivity (Wildman–Crippen MR) is 111 cm³/mol.